The van der Waals surface area contributed by atoms with Crippen molar-refractivity contribution in [2.75, 3.05) is 0 Å². The van der Waals surface area contributed by atoms with Crippen LogP contribution in [0.1, 0.15) is 11.1 Å². The minimum absolute atomic E-state index is 0. The van der Waals surface area contributed by atoms with E-state index in [9.17, 15) is 0 Å². The van der Waals surface area contributed by atoms with Gasteiger partial charge in [0.2, 0.25) is 0 Å². The molecule has 0 saturated heterocycles. The summed E-state index contributed by atoms with van der Waals surface area (Å²) in [6.07, 6.45) is 9.26. The van der Waals surface area contributed by atoms with E-state index < -0.39 is 0 Å². The van der Waals surface area contributed by atoms with E-state index in [1.165, 1.54) is 11.1 Å². The summed E-state index contributed by atoms with van der Waals surface area (Å²) in [7, 11) is 0. The van der Waals surface area contributed by atoms with Gasteiger partial charge in [0.1, 0.15) is 0 Å². The number of aryl methyl sites for hydroxylation is 2. The van der Waals surface area contributed by atoms with Crippen LogP contribution in [-0.2, 0) is 33.9 Å². The first-order valence-electron chi connectivity index (χ1n) is 8.73. The van der Waals surface area contributed by atoms with Gasteiger partial charge >= 0.3 is 0 Å². The summed E-state index contributed by atoms with van der Waals surface area (Å²) in [5, 5.41) is 0. The summed E-state index contributed by atoms with van der Waals surface area (Å²) in [6.45, 7) is 0. The van der Waals surface area contributed by atoms with E-state index in [0.29, 0.717) is 0 Å². The van der Waals surface area contributed by atoms with Gasteiger partial charge in [-0.05, 0) is 48.2 Å². The molecule has 0 aliphatic rings. The van der Waals surface area contributed by atoms with Crippen LogP contribution in [0.3, 0.4) is 0 Å². The van der Waals surface area contributed by atoms with Gasteiger partial charge in [-0.15, -0.1) is 0 Å². The summed E-state index contributed by atoms with van der Waals surface area (Å²) in [4.78, 5) is 7.57. The van der Waals surface area contributed by atoms with Gasteiger partial charge in [0.05, 0.1) is 0 Å². The third-order valence-electron chi connectivity index (χ3n) is 3.52. The Hall–Kier alpha value is -2.57. The first-order chi connectivity index (χ1) is 12.9. The Labute approximate surface area is 176 Å². The summed E-state index contributed by atoms with van der Waals surface area (Å²) in [5.41, 5.74) is 2.83. The predicted octanol–water partition coefficient (Wildman–Crippen LogP) is 5.63. The third kappa shape index (κ3) is 11.6. The van der Waals surface area contributed by atoms with Crippen molar-refractivity contribution in [3.8, 4) is 0 Å². The Balaban J connectivity index is 0.000000233. The molecule has 140 valence electrons. The van der Waals surface area contributed by atoms with Crippen LogP contribution < -0.4 is 0 Å². The van der Waals surface area contributed by atoms with Crippen LogP contribution in [0.5, 0.6) is 0 Å². The molecular weight excluding hydrogens is 511 g/mol. The molecule has 0 fully saturated rings. The molecule has 0 spiro atoms. The average Bonchev–Trinajstić information content (AvgIpc) is 2.77. The molecule has 3 heteroatoms. The van der Waals surface area contributed by atoms with E-state index in [0.717, 1.165) is 12.8 Å². The molecule has 2 aromatic heterocycles. The van der Waals surface area contributed by atoms with Crippen molar-refractivity contribution >= 4 is 0 Å². The van der Waals surface area contributed by atoms with Crippen LogP contribution in [0.2, 0.25) is 0 Å². The maximum absolute atomic E-state index is 3.78. The normalized spacial score (nSPS) is 8.74. The van der Waals surface area contributed by atoms with Gasteiger partial charge in [-0.2, -0.15) is 0 Å². The fourth-order valence-electron chi connectivity index (χ4n) is 2.20. The molecule has 0 N–H and O–H groups in total. The van der Waals surface area contributed by atoms with Crippen molar-refractivity contribution in [3.05, 3.63) is 133 Å². The maximum atomic E-state index is 3.78. The number of aromatic nitrogens is 2. The largest absolute Gasteiger partial charge is 0.265 e. The van der Waals surface area contributed by atoms with Gasteiger partial charge in [0, 0.05) is 45.9 Å². The Kier molecular flexibility index (Phi) is 13.0. The molecule has 4 aromatic rings. The minimum Gasteiger partial charge on any atom is -0.265 e. The zero-order valence-corrected chi connectivity index (χ0v) is 17.4. The van der Waals surface area contributed by atoms with Crippen molar-refractivity contribution in [3.63, 3.8) is 0 Å². The second kappa shape index (κ2) is 15.7. The zero-order chi connectivity index (χ0) is 18.1. The molecule has 0 saturated carbocycles. The van der Waals surface area contributed by atoms with E-state index in [-0.39, 0.29) is 21.1 Å². The van der Waals surface area contributed by atoms with Crippen molar-refractivity contribution in [2.45, 2.75) is 12.8 Å². The molecule has 0 amide bonds. The summed E-state index contributed by atoms with van der Waals surface area (Å²) in [5.74, 6) is 0. The van der Waals surface area contributed by atoms with E-state index in [4.69, 9.17) is 0 Å². The Morgan fingerprint density at radius 1 is 0.407 bits per heavy atom. The van der Waals surface area contributed by atoms with Gasteiger partial charge < -0.3 is 0 Å². The molecule has 4 rings (SSSR count). The molecule has 2 heterocycles. The van der Waals surface area contributed by atoms with Gasteiger partial charge in [-0.1, -0.05) is 72.8 Å². The van der Waals surface area contributed by atoms with Gasteiger partial charge in [-0.3, -0.25) is 9.97 Å². The van der Waals surface area contributed by atoms with Crippen LogP contribution >= 0.6 is 0 Å². The Bertz CT molecular complexity index is 655. The predicted molar refractivity (Wildman–Crippen MR) is 109 cm³/mol. The minimum atomic E-state index is 0. The molecule has 0 aliphatic carbocycles. The third-order valence-corrected chi connectivity index (χ3v) is 3.52. The Morgan fingerprint density at radius 2 is 0.704 bits per heavy atom. The van der Waals surface area contributed by atoms with E-state index in [1.54, 1.807) is 24.8 Å². The molecular formula is C24H24N2Pt. The van der Waals surface area contributed by atoms with Crippen molar-refractivity contribution in [1.82, 2.24) is 9.97 Å². The number of hydrogen-bond donors (Lipinski definition) is 0. The van der Waals surface area contributed by atoms with Gasteiger partial charge in [-0.25, -0.2) is 0 Å². The van der Waals surface area contributed by atoms with Crippen LogP contribution in [0, 0.1) is 0 Å². The second-order valence-electron chi connectivity index (χ2n) is 5.52. The maximum Gasteiger partial charge on any atom is 0.0267 e. The molecule has 0 atom stereocenters. The summed E-state index contributed by atoms with van der Waals surface area (Å²) in [6, 6.07) is 32.7. The molecule has 0 unspecified atom stereocenters. The van der Waals surface area contributed by atoms with Crippen LogP contribution in [-0.4, -0.2) is 9.97 Å². The first kappa shape index (κ1) is 22.5. The first-order valence-corrected chi connectivity index (χ1v) is 8.73. The van der Waals surface area contributed by atoms with Crippen molar-refractivity contribution in [1.29, 1.82) is 0 Å². The topological polar surface area (TPSA) is 25.8 Å². The average molecular weight is 536 g/mol. The SMILES string of the molecule is [Pt].c1ccc(CCc2ccccc2)cc1.c1ccncc1.c1ccncc1. The smallest absolute Gasteiger partial charge is 0.0267 e. The number of rotatable bonds is 3. The zero-order valence-electron chi connectivity index (χ0n) is 15.2. The monoisotopic (exact) mass is 535 g/mol. The number of benzene rings is 2. The van der Waals surface area contributed by atoms with Crippen LogP contribution in [0.25, 0.3) is 0 Å². The number of hydrogen-bond acceptors (Lipinski definition) is 2. The van der Waals surface area contributed by atoms with Crippen molar-refractivity contribution < 1.29 is 21.1 Å². The molecule has 2 aromatic carbocycles. The fourth-order valence-corrected chi connectivity index (χ4v) is 2.20. The quantitative estimate of drug-likeness (QED) is 0.340. The van der Waals surface area contributed by atoms with E-state index in [1.807, 2.05) is 36.4 Å². The van der Waals surface area contributed by atoms with Crippen molar-refractivity contribution in [2.24, 2.45) is 0 Å². The van der Waals surface area contributed by atoms with E-state index in [2.05, 4.69) is 70.6 Å². The fraction of sp³-hybridized carbons (Fsp3) is 0.0833. The number of pyridine rings is 2. The van der Waals surface area contributed by atoms with Crippen LogP contribution in [0.4, 0.5) is 0 Å². The molecule has 0 aliphatic heterocycles. The number of nitrogens with zero attached hydrogens (tertiary/aromatic N) is 2. The standard InChI is InChI=1S/C14H14.2C5H5N.Pt/c1-3-7-13(8-4-1)11-12-14-9-5-2-6-10-14;2*1-2-4-6-5-3-1;/h1-10H,11-12H2;2*1-5H;. The molecule has 2 nitrogen and oxygen atoms in total. The summed E-state index contributed by atoms with van der Waals surface area (Å²) >= 11 is 0. The van der Waals surface area contributed by atoms with Gasteiger partial charge in [0.25, 0.3) is 0 Å². The Morgan fingerprint density at radius 3 is 0.926 bits per heavy atom. The molecule has 0 bridgehead atoms. The molecule has 27 heavy (non-hydrogen) atoms. The molecule has 0 radical (unpaired) electrons. The van der Waals surface area contributed by atoms with E-state index >= 15 is 0 Å². The summed E-state index contributed by atoms with van der Waals surface area (Å²) < 4.78 is 0. The van der Waals surface area contributed by atoms with Crippen LogP contribution in [0.15, 0.2) is 122 Å². The van der Waals surface area contributed by atoms with Gasteiger partial charge in [0.15, 0.2) is 0 Å². The second-order valence-corrected chi connectivity index (χ2v) is 5.52.